The normalized spacial score (nSPS) is 9.88. The number of benzene rings is 2. The third-order valence-corrected chi connectivity index (χ3v) is 2.70. The van der Waals surface area contributed by atoms with Gasteiger partial charge < -0.3 is 0 Å². The number of hydrogen-bond acceptors (Lipinski definition) is 1. The molecule has 0 unspecified atom stereocenters. The Bertz CT molecular complexity index is 538. The van der Waals surface area contributed by atoms with Crippen LogP contribution in [0, 0.1) is 17.1 Å². The average Bonchev–Trinajstić information content (AvgIpc) is 2.35. The van der Waals surface area contributed by atoms with Crippen molar-refractivity contribution in [3.8, 4) is 6.07 Å². The molecule has 17 heavy (non-hydrogen) atoms. The second-order valence-corrected chi connectivity index (χ2v) is 3.91. The van der Waals surface area contributed by atoms with Gasteiger partial charge in [-0.25, -0.2) is 4.39 Å². The van der Waals surface area contributed by atoms with Gasteiger partial charge in [-0.3, -0.25) is 0 Å². The van der Waals surface area contributed by atoms with Gasteiger partial charge >= 0.3 is 0 Å². The van der Waals surface area contributed by atoms with E-state index < -0.39 is 0 Å². The smallest absolute Gasteiger partial charge is 0.123 e. The molecule has 1 nitrogen and oxygen atoms in total. The molecule has 0 aliphatic carbocycles. The summed E-state index contributed by atoms with van der Waals surface area (Å²) in [6.45, 7) is 0. The summed E-state index contributed by atoms with van der Waals surface area (Å²) >= 11 is 0. The molecular weight excluding hydrogens is 213 g/mol. The molecule has 0 saturated carbocycles. The summed E-state index contributed by atoms with van der Waals surface area (Å²) in [5.41, 5.74) is 3.22. The van der Waals surface area contributed by atoms with Crippen LogP contribution >= 0.6 is 0 Å². The van der Waals surface area contributed by atoms with Gasteiger partial charge in [-0.05, 0) is 35.2 Å². The highest BCUT2D eigenvalue weighted by Gasteiger charge is 2.02. The lowest BCUT2D eigenvalue weighted by molar-refractivity contribution is 0.627. The molecule has 0 aromatic heterocycles. The minimum absolute atomic E-state index is 0.223. The zero-order valence-corrected chi connectivity index (χ0v) is 9.36. The Morgan fingerprint density at radius 2 is 1.59 bits per heavy atom. The lowest BCUT2D eigenvalue weighted by Gasteiger charge is -2.06. The molecule has 2 rings (SSSR count). The van der Waals surface area contributed by atoms with Crippen molar-refractivity contribution in [2.24, 2.45) is 0 Å². The summed E-state index contributed by atoms with van der Waals surface area (Å²) in [7, 11) is 0. The van der Waals surface area contributed by atoms with Crippen molar-refractivity contribution >= 4 is 0 Å². The molecular formula is C15H12FN. The maximum atomic E-state index is 12.8. The summed E-state index contributed by atoms with van der Waals surface area (Å²) in [5.74, 6) is -0.223. The zero-order chi connectivity index (χ0) is 12.1. The number of nitrogens with zero attached hydrogens (tertiary/aromatic N) is 1. The van der Waals surface area contributed by atoms with Crippen LogP contribution in [-0.4, -0.2) is 0 Å². The summed E-state index contributed by atoms with van der Waals surface area (Å²) in [4.78, 5) is 0. The maximum Gasteiger partial charge on any atom is 0.123 e. The van der Waals surface area contributed by atoms with E-state index in [1.807, 2.05) is 24.3 Å². The molecule has 84 valence electrons. The maximum absolute atomic E-state index is 12.8. The molecule has 0 bridgehead atoms. The Kier molecular flexibility index (Phi) is 3.52. The number of rotatable bonds is 3. The lowest BCUT2D eigenvalue weighted by atomic mass is 9.98. The van der Waals surface area contributed by atoms with Crippen molar-refractivity contribution in [3.63, 3.8) is 0 Å². The quantitative estimate of drug-likeness (QED) is 0.784. The molecule has 0 N–H and O–H groups in total. The first-order valence-corrected chi connectivity index (χ1v) is 5.48. The van der Waals surface area contributed by atoms with Crippen LogP contribution in [0.1, 0.15) is 16.7 Å². The van der Waals surface area contributed by atoms with Crippen LogP contribution < -0.4 is 0 Å². The first-order valence-electron chi connectivity index (χ1n) is 5.48. The van der Waals surface area contributed by atoms with Crippen molar-refractivity contribution in [2.75, 3.05) is 0 Å². The highest BCUT2D eigenvalue weighted by Crippen LogP contribution is 2.15. The number of nitriles is 1. The standard InChI is InChI=1S/C15H12FN/c16-15-7-5-12(6-8-15)11-14-4-2-1-3-13(14)9-10-17/h1-8H,9,11H2. The van der Waals surface area contributed by atoms with E-state index >= 15 is 0 Å². The predicted molar refractivity (Wildman–Crippen MR) is 65.0 cm³/mol. The Balaban J connectivity index is 2.24. The van der Waals surface area contributed by atoms with E-state index in [0.29, 0.717) is 6.42 Å². The van der Waals surface area contributed by atoms with Gasteiger partial charge in [0.1, 0.15) is 5.82 Å². The molecule has 0 aliphatic rings. The fourth-order valence-corrected chi connectivity index (χ4v) is 1.81. The number of halogens is 1. The van der Waals surface area contributed by atoms with Crippen molar-refractivity contribution in [1.29, 1.82) is 5.26 Å². The Morgan fingerprint density at radius 1 is 0.941 bits per heavy atom. The van der Waals surface area contributed by atoms with Gasteiger partial charge in [0.15, 0.2) is 0 Å². The summed E-state index contributed by atoms with van der Waals surface area (Å²) in [5, 5.41) is 8.75. The van der Waals surface area contributed by atoms with Gasteiger partial charge in [0.05, 0.1) is 12.5 Å². The Hall–Kier alpha value is -2.14. The molecule has 0 radical (unpaired) electrons. The van der Waals surface area contributed by atoms with E-state index in [-0.39, 0.29) is 5.82 Å². The van der Waals surface area contributed by atoms with Crippen molar-refractivity contribution in [2.45, 2.75) is 12.8 Å². The van der Waals surface area contributed by atoms with Crippen LogP contribution in [0.5, 0.6) is 0 Å². The highest BCUT2D eigenvalue weighted by atomic mass is 19.1. The third kappa shape index (κ3) is 2.92. The summed E-state index contributed by atoms with van der Waals surface area (Å²) in [6, 6.07) is 16.5. The lowest BCUT2D eigenvalue weighted by Crippen LogP contribution is -1.94. The second kappa shape index (κ2) is 5.27. The van der Waals surface area contributed by atoms with Crippen LogP contribution in [0.15, 0.2) is 48.5 Å². The van der Waals surface area contributed by atoms with E-state index in [9.17, 15) is 4.39 Å². The molecule has 0 atom stereocenters. The first-order chi connectivity index (χ1) is 8.29. The fraction of sp³-hybridized carbons (Fsp3) is 0.133. The minimum Gasteiger partial charge on any atom is -0.207 e. The topological polar surface area (TPSA) is 23.8 Å². The molecule has 2 aromatic carbocycles. The van der Waals surface area contributed by atoms with Crippen molar-refractivity contribution < 1.29 is 4.39 Å². The van der Waals surface area contributed by atoms with Crippen molar-refractivity contribution in [3.05, 3.63) is 71.0 Å². The second-order valence-electron chi connectivity index (χ2n) is 3.91. The molecule has 2 heteroatoms. The van der Waals surface area contributed by atoms with E-state index in [1.54, 1.807) is 12.1 Å². The zero-order valence-electron chi connectivity index (χ0n) is 9.36. The van der Waals surface area contributed by atoms with Crippen LogP contribution in [0.2, 0.25) is 0 Å². The largest absolute Gasteiger partial charge is 0.207 e. The van der Waals surface area contributed by atoms with Crippen molar-refractivity contribution in [1.82, 2.24) is 0 Å². The van der Waals surface area contributed by atoms with Crippen LogP contribution in [0.4, 0.5) is 4.39 Å². The van der Waals surface area contributed by atoms with Gasteiger partial charge in [-0.1, -0.05) is 36.4 Å². The van der Waals surface area contributed by atoms with Crippen LogP contribution in [-0.2, 0) is 12.8 Å². The molecule has 0 fully saturated rings. The third-order valence-electron chi connectivity index (χ3n) is 2.70. The van der Waals surface area contributed by atoms with Crippen LogP contribution in [0.25, 0.3) is 0 Å². The number of hydrogen-bond donors (Lipinski definition) is 0. The van der Waals surface area contributed by atoms with E-state index in [0.717, 1.165) is 23.1 Å². The van der Waals surface area contributed by atoms with Gasteiger partial charge in [-0.2, -0.15) is 5.26 Å². The molecule has 0 aliphatic heterocycles. The molecule has 0 spiro atoms. The predicted octanol–water partition coefficient (Wildman–Crippen LogP) is 3.48. The molecule has 0 heterocycles. The Morgan fingerprint density at radius 3 is 2.24 bits per heavy atom. The van der Waals surface area contributed by atoms with Gasteiger partial charge in [-0.15, -0.1) is 0 Å². The van der Waals surface area contributed by atoms with E-state index in [1.165, 1.54) is 12.1 Å². The SMILES string of the molecule is N#CCc1ccccc1Cc1ccc(F)cc1. The van der Waals surface area contributed by atoms with Gasteiger partial charge in [0, 0.05) is 0 Å². The van der Waals surface area contributed by atoms with Crippen LogP contribution in [0.3, 0.4) is 0 Å². The van der Waals surface area contributed by atoms with E-state index in [4.69, 9.17) is 5.26 Å². The minimum atomic E-state index is -0.223. The summed E-state index contributed by atoms with van der Waals surface area (Å²) < 4.78 is 12.8. The first kappa shape index (κ1) is 11.3. The molecule has 0 amide bonds. The van der Waals surface area contributed by atoms with Gasteiger partial charge in [0.2, 0.25) is 0 Å². The van der Waals surface area contributed by atoms with E-state index in [2.05, 4.69) is 6.07 Å². The fourth-order valence-electron chi connectivity index (χ4n) is 1.81. The summed E-state index contributed by atoms with van der Waals surface area (Å²) in [6.07, 6.45) is 1.15. The monoisotopic (exact) mass is 225 g/mol. The Labute approximate surface area is 100 Å². The van der Waals surface area contributed by atoms with Gasteiger partial charge in [0.25, 0.3) is 0 Å². The molecule has 2 aromatic rings. The highest BCUT2D eigenvalue weighted by molar-refractivity contribution is 5.34. The molecule has 0 saturated heterocycles. The average molecular weight is 225 g/mol.